The molecule has 1 aromatic heterocycles. The van der Waals surface area contributed by atoms with Gasteiger partial charge in [0.1, 0.15) is 24.6 Å². The van der Waals surface area contributed by atoms with Gasteiger partial charge in [-0.15, -0.1) is 0 Å². The number of ether oxygens (including phenoxy) is 2. The molecule has 2 amide bonds. The number of nitrogens with two attached hydrogens (primary N) is 1. The van der Waals surface area contributed by atoms with Crippen LogP contribution in [-0.4, -0.2) is 111 Å². The minimum atomic E-state index is -1.35. The SMILES string of the molecule is CN1C(=O)COc2c(C(=O)NC3CN4CCC3CC4)cc(Cl)cc21.Nc1ncn([C@@H]2O[C@H](CO)[C@@H](O)[C@H]2O)c(=O)n1. The molecule has 5 aliphatic heterocycles. The summed E-state index contributed by atoms with van der Waals surface area (Å²) in [6.07, 6.45) is -1.41. The van der Waals surface area contributed by atoms with Gasteiger partial charge in [0.2, 0.25) is 5.95 Å². The fourth-order valence-electron chi connectivity index (χ4n) is 5.53. The lowest BCUT2D eigenvalue weighted by Gasteiger charge is -2.45. The smallest absolute Gasteiger partial charge is 0.354 e. The number of nitrogens with zero attached hydrogens (tertiary/aromatic N) is 5. The summed E-state index contributed by atoms with van der Waals surface area (Å²) in [5, 5.41) is 31.7. The van der Waals surface area contributed by atoms with Gasteiger partial charge in [-0.3, -0.25) is 14.2 Å². The summed E-state index contributed by atoms with van der Waals surface area (Å²) in [6.45, 7) is 2.61. The van der Waals surface area contributed by atoms with Gasteiger partial charge in [-0.1, -0.05) is 11.6 Å². The largest absolute Gasteiger partial charge is 0.481 e. The fraction of sp³-hybridized carbons (Fsp3) is 0.560. The van der Waals surface area contributed by atoms with E-state index in [-0.39, 0.29) is 30.4 Å². The maximum atomic E-state index is 12.8. The summed E-state index contributed by atoms with van der Waals surface area (Å²) < 4.78 is 11.6. The van der Waals surface area contributed by atoms with E-state index in [1.54, 1.807) is 19.2 Å². The topological polar surface area (TPSA) is 206 Å². The summed E-state index contributed by atoms with van der Waals surface area (Å²) in [6, 6.07) is 3.43. The van der Waals surface area contributed by atoms with Crippen LogP contribution in [0.25, 0.3) is 0 Å². The number of benzene rings is 1. The second kappa shape index (κ2) is 11.9. The first kappa shape index (κ1) is 29.2. The number of anilines is 2. The molecular formula is C25H32ClN7O8. The van der Waals surface area contributed by atoms with E-state index < -0.39 is 36.8 Å². The van der Waals surface area contributed by atoms with E-state index in [4.69, 9.17) is 31.9 Å². The first-order valence-corrected chi connectivity index (χ1v) is 13.5. The molecule has 0 spiro atoms. The third kappa shape index (κ3) is 5.86. The summed E-state index contributed by atoms with van der Waals surface area (Å²) in [5.41, 5.74) is 5.39. The zero-order chi connectivity index (χ0) is 29.4. The molecule has 16 heteroatoms. The van der Waals surface area contributed by atoms with Crippen molar-refractivity contribution in [3.05, 3.63) is 39.5 Å². The minimum absolute atomic E-state index is 0.0642. The lowest BCUT2D eigenvalue weighted by Crippen LogP contribution is -2.57. The van der Waals surface area contributed by atoms with E-state index in [1.165, 1.54) is 4.90 Å². The van der Waals surface area contributed by atoms with Crippen molar-refractivity contribution in [2.24, 2.45) is 5.92 Å². The minimum Gasteiger partial charge on any atom is -0.481 e. The van der Waals surface area contributed by atoms with Gasteiger partial charge in [0.05, 0.1) is 17.9 Å². The number of hydrogen-bond donors (Lipinski definition) is 5. The summed E-state index contributed by atoms with van der Waals surface area (Å²) >= 11 is 6.16. The van der Waals surface area contributed by atoms with Crippen LogP contribution in [0, 0.1) is 5.92 Å². The van der Waals surface area contributed by atoms with Gasteiger partial charge in [0, 0.05) is 24.7 Å². The Hall–Kier alpha value is -3.34. The normalized spacial score (nSPS) is 30.2. The van der Waals surface area contributed by atoms with Gasteiger partial charge in [-0.2, -0.15) is 4.98 Å². The number of piperidine rings is 3. The highest BCUT2D eigenvalue weighted by Gasteiger charge is 2.44. The Kier molecular flexibility index (Phi) is 8.45. The molecule has 1 aromatic carbocycles. The molecule has 4 saturated heterocycles. The maximum Gasteiger partial charge on any atom is 0.354 e. The van der Waals surface area contributed by atoms with Gasteiger partial charge in [0.15, 0.2) is 18.6 Å². The van der Waals surface area contributed by atoms with Crippen molar-refractivity contribution >= 4 is 35.1 Å². The molecule has 0 radical (unpaired) electrons. The number of nitrogens with one attached hydrogen (secondary N) is 1. The Labute approximate surface area is 239 Å². The molecule has 4 fully saturated rings. The number of hydrogen-bond acceptors (Lipinski definition) is 12. The quantitative estimate of drug-likeness (QED) is 0.270. The Morgan fingerprint density at radius 2 is 1.95 bits per heavy atom. The lowest BCUT2D eigenvalue weighted by molar-refractivity contribution is -0.121. The predicted molar refractivity (Wildman–Crippen MR) is 144 cm³/mol. The van der Waals surface area contributed by atoms with E-state index >= 15 is 0 Å². The van der Waals surface area contributed by atoms with Crippen LogP contribution in [0.5, 0.6) is 5.75 Å². The third-order valence-corrected chi connectivity index (χ3v) is 8.08. The van der Waals surface area contributed by atoms with Crippen molar-refractivity contribution < 1.29 is 34.4 Å². The average molecular weight is 594 g/mol. The molecule has 2 bridgehead atoms. The zero-order valence-corrected chi connectivity index (χ0v) is 23.0. The number of likely N-dealkylation sites (N-methyl/N-ethyl adjacent to an activating group) is 1. The predicted octanol–water partition coefficient (Wildman–Crippen LogP) is -1.65. The Balaban J connectivity index is 0.000000175. The Bertz CT molecular complexity index is 1370. The standard InChI is InChI=1S/C17H20ClN3O3.C8H12N4O5/c1-20-14-7-11(18)6-12(16(14)24-9-15(20)22)17(23)19-13-8-21-4-2-10(13)3-5-21;9-7-10-2-12(8(16)11-7)6-5(15)4(14)3(1-13)17-6/h6-7,10,13H,2-5,8-9H2,1H3,(H,19,23);2-6,13-15H,1H2,(H2,9,11,16)/t;3-,4-,5-,6-/m.1/s1. The van der Waals surface area contributed by atoms with Crippen LogP contribution in [0.2, 0.25) is 5.02 Å². The molecule has 5 aliphatic rings. The highest BCUT2D eigenvalue weighted by molar-refractivity contribution is 6.31. The summed E-state index contributed by atoms with van der Waals surface area (Å²) in [5.74, 6) is 0.432. The van der Waals surface area contributed by atoms with E-state index in [1.807, 2.05) is 0 Å². The van der Waals surface area contributed by atoms with Crippen molar-refractivity contribution in [2.75, 3.05) is 50.5 Å². The molecule has 41 heavy (non-hydrogen) atoms. The van der Waals surface area contributed by atoms with Gasteiger partial charge < -0.3 is 45.6 Å². The highest BCUT2D eigenvalue weighted by atomic mass is 35.5. The van der Waals surface area contributed by atoms with Crippen LogP contribution >= 0.6 is 11.6 Å². The average Bonchev–Trinajstić information content (AvgIpc) is 3.24. The van der Waals surface area contributed by atoms with Gasteiger partial charge in [-0.25, -0.2) is 9.78 Å². The molecule has 222 valence electrons. The molecule has 7 rings (SSSR count). The molecule has 1 unspecified atom stereocenters. The van der Waals surface area contributed by atoms with Crippen LogP contribution in [0.15, 0.2) is 23.3 Å². The first-order chi connectivity index (χ1) is 19.6. The first-order valence-electron chi connectivity index (χ1n) is 13.2. The molecule has 2 aromatic rings. The molecule has 0 aliphatic carbocycles. The number of aliphatic hydroxyl groups is 3. The summed E-state index contributed by atoms with van der Waals surface area (Å²) in [4.78, 5) is 46.9. The molecule has 5 atom stereocenters. The van der Waals surface area contributed by atoms with Crippen LogP contribution in [0.3, 0.4) is 0 Å². The summed E-state index contributed by atoms with van der Waals surface area (Å²) in [7, 11) is 1.66. The van der Waals surface area contributed by atoms with E-state index in [0.717, 1.165) is 43.4 Å². The monoisotopic (exact) mass is 593 g/mol. The molecular weight excluding hydrogens is 562 g/mol. The van der Waals surface area contributed by atoms with Crippen LogP contribution in [0.4, 0.5) is 11.6 Å². The fourth-order valence-corrected chi connectivity index (χ4v) is 5.74. The van der Waals surface area contributed by atoms with Crippen molar-refractivity contribution in [1.82, 2.24) is 24.8 Å². The number of fused-ring (bicyclic) bond motifs is 4. The van der Waals surface area contributed by atoms with E-state index in [9.17, 15) is 24.6 Å². The second-order valence-corrected chi connectivity index (χ2v) is 10.8. The third-order valence-electron chi connectivity index (χ3n) is 7.86. The van der Waals surface area contributed by atoms with Crippen LogP contribution < -0.4 is 26.4 Å². The van der Waals surface area contributed by atoms with Crippen molar-refractivity contribution in [1.29, 1.82) is 0 Å². The second-order valence-electron chi connectivity index (χ2n) is 10.4. The van der Waals surface area contributed by atoms with E-state index in [2.05, 4.69) is 20.2 Å². The Morgan fingerprint density at radius 3 is 2.56 bits per heavy atom. The molecule has 6 N–H and O–H groups in total. The lowest BCUT2D eigenvalue weighted by atomic mass is 9.84. The number of nitrogen functional groups attached to an aromatic ring is 1. The van der Waals surface area contributed by atoms with Crippen LogP contribution in [-0.2, 0) is 9.53 Å². The molecule has 6 heterocycles. The van der Waals surface area contributed by atoms with Gasteiger partial charge in [-0.05, 0) is 44.0 Å². The Morgan fingerprint density at radius 1 is 1.22 bits per heavy atom. The number of aromatic nitrogens is 3. The number of amides is 2. The molecule has 0 saturated carbocycles. The van der Waals surface area contributed by atoms with Gasteiger partial charge in [0.25, 0.3) is 11.8 Å². The number of rotatable bonds is 4. The van der Waals surface area contributed by atoms with Crippen molar-refractivity contribution in [3.63, 3.8) is 0 Å². The number of aliphatic hydroxyl groups excluding tert-OH is 3. The number of carbonyl (C=O) groups is 2. The van der Waals surface area contributed by atoms with Crippen molar-refractivity contribution in [2.45, 2.75) is 43.4 Å². The van der Waals surface area contributed by atoms with E-state index in [0.29, 0.717) is 27.9 Å². The number of carbonyl (C=O) groups excluding carboxylic acids is 2. The zero-order valence-electron chi connectivity index (χ0n) is 22.2. The highest BCUT2D eigenvalue weighted by Crippen LogP contribution is 2.38. The molecule has 15 nitrogen and oxygen atoms in total. The van der Waals surface area contributed by atoms with Crippen molar-refractivity contribution in [3.8, 4) is 5.75 Å². The van der Waals surface area contributed by atoms with Gasteiger partial charge >= 0.3 is 5.69 Å². The maximum absolute atomic E-state index is 12.8. The van der Waals surface area contributed by atoms with Crippen LogP contribution in [0.1, 0.15) is 29.4 Å². The number of halogens is 1.